The maximum absolute atomic E-state index is 2.50. The SMILES string of the molecule is CC1(C)c2ccccc2-c2cc3c4cc(-c5cccc6c5sc5ccccc56)ccc4n(-c4ccc(-c5cccc6c5sc5ccccc56)cc4)c3cc21. The predicted molar refractivity (Wildman–Crippen MR) is 235 cm³/mol. The average Bonchev–Trinajstić information content (AvgIpc) is 3.94. The number of hydrogen-bond acceptors (Lipinski definition) is 2. The maximum Gasteiger partial charge on any atom is 0.0544 e. The fourth-order valence-electron chi connectivity index (χ4n) is 9.40. The Balaban J connectivity index is 1.09. The van der Waals surface area contributed by atoms with Gasteiger partial charge in [0.05, 0.1) is 11.0 Å². The van der Waals surface area contributed by atoms with Crippen molar-refractivity contribution in [1.82, 2.24) is 4.57 Å². The first kappa shape index (κ1) is 30.5. The fraction of sp³-hybridized carbons (Fsp3) is 0.0588. The first-order valence-electron chi connectivity index (χ1n) is 18.7. The van der Waals surface area contributed by atoms with Crippen molar-refractivity contribution in [3.05, 3.63) is 175 Å². The molecule has 0 bridgehead atoms. The Hall–Kier alpha value is -6.00. The molecule has 0 saturated carbocycles. The van der Waals surface area contributed by atoms with Gasteiger partial charge in [-0.2, -0.15) is 0 Å². The summed E-state index contributed by atoms with van der Waals surface area (Å²) in [5, 5.41) is 7.91. The molecule has 3 heteroatoms. The molecule has 0 fully saturated rings. The highest BCUT2D eigenvalue weighted by molar-refractivity contribution is 7.26. The molecule has 12 rings (SSSR count). The minimum Gasteiger partial charge on any atom is -0.309 e. The van der Waals surface area contributed by atoms with Crippen molar-refractivity contribution >= 4 is 84.8 Å². The van der Waals surface area contributed by atoms with Crippen LogP contribution in [0.5, 0.6) is 0 Å². The van der Waals surface area contributed by atoms with E-state index in [1.54, 1.807) is 0 Å². The second kappa shape index (κ2) is 11.0. The molecule has 8 aromatic carbocycles. The molecule has 3 heterocycles. The third kappa shape index (κ3) is 4.14. The molecule has 0 amide bonds. The maximum atomic E-state index is 2.50. The molecular formula is C51H33NS2. The van der Waals surface area contributed by atoms with E-state index in [1.165, 1.54) is 112 Å². The van der Waals surface area contributed by atoms with Gasteiger partial charge in [-0.1, -0.05) is 129 Å². The highest BCUT2D eigenvalue weighted by Gasteiger charge is 2.36. The van der Waals surface area contributed by atoms with Crippen molar-refractivity contribution in [2.45, 2.75) is 19.3 Å². The van der Waals surface area contributed by atoms with Crippen LogP contribution in [0.15, 0.2) is 164 Å². The molecule has 0 radical (unpaired) electrons. The van der Waals surface area contributed by atoms with Gasteiger partial charge in [0, 0.05) is 62.2 Å². The molecule has 0 spiro atoms. The van der Waals surface area contributed by atoms with E-state index in [9.17, 15) is 0 Å². The van der Waals surface area contributed by atoms with E-state index in [0.29, 0.717) is 0 Å². The lowest BCUT2D eigenvalue weighted by Gasteiger charge is -2.21. The van der Waals surface area contributed by atoms with Crippen molar-refractivity contribution < 1.29 is 0 Å². The van der Waals surface area contributed by atoms with Crippen LogP contribution in [-0.2, 0) is 5.41 Å². The van der Waals surface area contributed by atoms with E-state index in [2.05, 4.69) is 182 Å². The van der Waals surface area contributed by atoms with Gasteiger partial charge in [-0.3, -0.25) is 0 Å². The normalized spacial score (nSPS) is 13.5. The Bertz CT molecular complexity index is 3350. The summed E-state index contributed by atoms with van der Waals surface area (Å²) >= 11 is 3.79. The Kier molecular flexibility index (Phi) is 6.22. The van der Waals surface area contributed by atoms with E-state index >= 15 is 0 Å². The van der Waals surface area contributed by atoms with Crippen LogP contribution < -0.4 is 0 Å². The zero-order valence-electron chi connectivity index (χ0n) is 29.9. The molecule has 0 atom stereocenters. The first-order chi connectivity index (χ1) is 26.5. The molecule has 11 aromatic rings. The van der Waals surface area contributed by atoms with E-state index in [-0.39, 0.29) is 5.41 Å². The third-order valence-electron chi connectivity index (χ3n) is 12.0. The summed E-state index contributed by atoms with van der Waals surface area (Å²) < 4.78 is 7.87. The zero-order valence-corrected chi connectivity index (χ0v) is 31.5. The van der Waals surface area contributed by atoms with Crippen LogP contribution in [0.4, 0.5) is 0 Å². The summed E-state index contributed by atoms with van der Waals surface area (Å²) in [7, 11) is 0. The number of rotatable bonds is 3. The average molecular weight is 724 g/mol. The molecule has 0 N–H and O–H groups in total. The van der Waals surface area contributed by atoms with E-state index in [1.807, 2.05) is 22.7 Å². The lowest BCUT2D eigenvalue weighted by atomic mass is 9.82. The van der Waals surface area contributed by atoms with Crippen LogP contribution in [0.25, 0.3) is 101 Å². The Morgan fingerprint density at radius 3 is 1.65 bits per heavy atom. The largest absolute Gasteiger partial charge is 0.309 e. The zero-order chi connectivity index (χ0) is 35.7. The van der Waals surface area contributed by atoms with Gasteiger partial charge in [0.2, 0.25) is 0 Å². The second-order valence-electron chi connectivity index (χ2n) is 15.3. The highest BCUT2D eigenvalue weighted by Crippen LogP contribution is 2.51. The lowest BCUT2D eigenvalue weighted by Crippen LogP contribution is -2.14. The number of benzene rings is 8. The minimum absolute atomic E-state index is 0.0871. The molecule has 0 saturated heterocycles. The Morgan fingerprint density at radius 1 is 0.389 bits per heavy atom. The number of aromatic nitrogens is 1. The van der Waals surface area contributed by atoms with Gasteiger partial charge >= 0.3 is 0 Å². The smallest absolute Gasteiger partial charge is 0.0544 e. The quantitative estimate of drug-likeness (QED) is 0.171. The molecule has 0 aliphatic heterocycles. The summed E-state index contributed by atoms with van der Waals surface area (Å²) in [5.41, 5.74) is 14.2. The first-order valence-corrected chi connectivity index (χ1v) is 20.3. The number of thiophene rings is 2. The topological polar surface area (TPSA) is 4.93 Å². The van der Waals surface area contributed by atoms with Crippen molar-refractivity contribution in [1.29, 1.82) is 0 Å². The number of fused-ring (bicyclic) bond motifs is 12. The summed E-state index contributed by atoms with van der Waals surface area (Å²) in [6.45, 7) is 4.76. The van der Waals surface area contributed by atoms with Gasteiger partial charge in [-0.15, -0.1) is 22.7 Å². The summed E-state index contributed by atoms with van der Waals surface area (Å²) in [6, 6.07) is 61.4. The lowest BCUT2D eigenvalue weighted by molar-refractivity contribution is 0.661. The van der Waals surface area contributed by atoms with Crippen molar-refractivity contribution in [3.8, 4) is 39.1 Å². The van der Waals surface area contributed by atoms with E-state index in [4.69, 9.17) is 0 Å². The Labute approximate surface area is 321 Å². The van der Waals surface area contributed by atoms with Crippen LogP contribution in [0.2, 0.25) is 0 Å². The van der Waals surface area contributed by atoms with Gasteiger partial charge in [0.25, 0.3) is 0 Å². The van der Waals surface area contributed by atoms with Crippen LogP contribution >= 0.6 is 22.7 Å². The second-order valence-corrected chi connectivity index (χ2v) is 17.4. The minimum atomic E-state index is -0.0871. The van der Waals surface area contributed by atoms with Crippen molar-refractivity contribution in [3.63, 3.8) is 0 Å². The summed E-state index contributed by atoms with van der Waals surface area (Å²) in [4.78, 5) is 0. The predicted octanol–water partition coefficient (Wildman–Crippen LogP) is 15.2. The Morgan fingerprint density at radius 2 is 0.944 bits per heavy atom. The van der Waals surface area contributed by atoms with Crippen LogP contribution in [0.1, 0.15) is 25.0 Å². The van der Waals surface area contributed by atoms with Gasteiger partial charge in [0.1, 0.15) is 0 Å². The van der Waals surface area contributed by atoms with Crippen LogP contribution in [-0.4, -0.2) is 4.57 Å². The van der Waals surface area contributed by atoms with Gasteiger partial charge in [-0.25, -0.2) is 0 Å². The molecule has 3 aromatic heterocycles. The van der Waals surface area contributed by atoms with Gasteiger partial charge < -0.3 is 4.57 Å². The highest BCUT2D eigenvalue weighted by atomic mass is 32.1. The number of hydrogen-bond donors (Lipinski definition) is 0. The van der Waals surface area contributed by atoms with Crippen LogP contribution in [0, 0.1) is 0 Å². The van der Waals surface area contributed by atoms with Crippen molar-refractivity contribution in [2.24, 2.45) is 0 Å². The summed E-state index contributed by atoms with van der Waals surface area (Å²) in [5.74, 6) is 0. The van der Waals surface area contributed by atoms with E-state index in [0.717, 1.165) is 0 Å². The number of nitrogens with zero attached hydrogens (tertiary/aromatic N) is 1. The van der Waals surface area contributed by atoms with Gasteiger partial charge in [0.15, 0.2) is 0 Å². The van der Waals surface area contributed by atoms with Gasteiger partial charge in [-0.05, 0) is 93.0 Å². The van der Waals surface area contributed by atoms with Crippen LogP contribution in [0.3, 0.4) is 0 Å². The molecule has 0 unspecified atom stereocenters. The van der Waals surface area contributed by atoms with E-state index < -0.39 is 0 Å². The third-order valence-corrected chi connectivity index (χ3v) is 14.5. The monoisotopic (exact) mass is 723 g/mol. The molecule has 1 nitrogen and oxygen atoms in total. The fourth-order valence-corrected chi connectivity index (χ4v) is 11.9. The molecular weight excluding hydrogens is 691 g/mol. The molecule has 54 heavy (non-hydrogen) atoms. The molecule has 1 aliphatic carbocycles. The standard InChI is InChI=1S/C51H33NS2/c1-51(2)43-18-6-3-11-35(43)40-28-42-41-27-31(34-15-10-17-39-37-13-5-8-20-48(37)54-50(34)39)23-26-45(41)52(46(42)29-44(40)51)32-24-21-30(22-25-32)33-14-9-16-38-36-12-4-7-19-47(36)53-49(33)38/h3-29H,1-2H3. The van der Waals surface area contributed by atoms with Crippen molar-refractivity contribution in [2.75, 3.05) is 0 Å². The summed E-state index contributed by atoms with van der Waals surface area (Å²) in [6.07, 6.45) is 0. The molecule has 254 valence electrons. The molecule has 1 aliphatic rings.